The quantitative estimate of drug-likeness (QED) is 0.766. The van der Waals surface area contributed by atoms with Gasteiger partial charge in [-0.3, -0.25) is 0 Å². The largest absolute Gasteiger partial charge is 0.476 e. The van der Waals surface area contributed by atoms with Crippen molar-refractivity contribution in [1.29, 1.82) is 5.26 Å². The number of nitriles is 1. The zero-order chi connectivity index (χ0) is 20.8. The van der Waals surface area contributed by atoms with Crippen molar-refractivity contribution in [2.45, 2.75) is 45.2 Å². The highest BCUT2D eigenvalue weighted by Gasteiger charge is 2.35. The number of aromatic nitrogens is 4. The molecule has 0 aromatic carbocycles. The molecule has 2 atom stereocenters. The first kappa shape index (κ1) is 19.7. The van der Waals surface area contributed by atoms with Crippen LogP contribution in [0.1, 0.15) is 39.3 Å². The summed E-state index contributed by atoms with van der Waals surface area (Å²) in [5.74, 6) is 1.59. The molecule has 0 radical (unpaired) electrons. The van der Waals surface area contributed by atoms with E-state index in [4.69, 9.17) is 26.2 Å². The van der Waals surface area contributed by atoms with Crippen LogP contribution in [0.2, 0.25) is 5.02 Å². The Morgan fingerprint density at radius 2 is 2.14 bits per heavy atom. The number of nitrogens with one attached hydrogen (secondary N) is 2. The second-order valence-electron chi connectivity index (χ2n) is 8.18. The lowest BCUT2D eigenvalue weighted by Gasteiger charge is -2.22. The first-order valence-electron chi connectivity index (χ1n) is 9.61. The fourth-order valence-electron chi connectivity index (χ4n) is 3.42. The molecule has 0 amide bonds. The Bertz CT molecular complexity index is 966. The fraction of sp³-hybridized carbons (Fsp3) is 0.579. The summed E-state index contributed by atoms with van der Waals surface area (Å²) < 4.78 is 13.6. The van der Waals surface area contributed by atoms with Crippen LogP contribution < -0.4 is 15.4 Å². The van der Waals surface area contributed by atoms with Gasteiger partial charge in [0.05, 0.1) is 43.8 Å². The third-order valence-corrected chi connectivity index (χ3v) is 5.43. The standard InChI is InChI=1S/C19H24ClN7O2/c1-10(2)14-15-17(27(26-14)19(3,4)9-21)29-7-11-6-28-8-13(11)23-16-12(20)5-22-18(24-15)25-16/h5,10-11,13H,6-8H2,1-4H3,(H2,22,23,24,25)/t11-,13+/m0/s1. The van der Waals surface area contributed by atoms with E-state index in [1.54, 1.807) is 24.7 Å². The van der Waals surface area contributed by atoms with Gasteiger partial charge in [0.25, 0.3) is 0 Å². The third-order valence-electron chi connectivity index (χ3n) is 5.16. The number of nitrogens with zero attached hydrogens (tertiary/aromatic N) is 5. The fourth-order valence-corrected chi connectivity index (χ4v) is 3.57. The first-order valence-corrected chi connectivity index (χ1v) is 9.99. The van der Waals surface area contributed by atoms with Crippen LogP contribution in [0.5, 0.6) is 5.88 Å². The highest BCUT2D eigenvalue weighted by atomic mass is 35.5. The summed E-state index contributed by atoms with van der Waals surface area (Å²) in [6, 6.07) is 2.30. The Morgan fingerprint density at radius 1 is 1.34 bits per heavy atom. The van der Waals surface area contributed by atoms with Crippen LogP contribution in [0.4, 0.5) is 17.5 Å². The van der Waals surface area contributed by atoms with Gasteiger partial charge in [-0.25, -0.2) is 9.67 Å². The van der Waals surface area contributed by atoms with E-state index in [1.807, 2.05) is 13.8 Å². The molecule has 2 aromatic heterocycles. The molecule has 2 N–H and O–H groups in total. The second-order valence-corrected chi connectivity index (χ2v) is 8.58. The average molecular weight is 418 g/mol. The Hall–Kier alpha value is -2.57. The van der Waals surface area contributed by atoms with Crippen molar-refractivity contribution in [2.24, 2.45) is 5.92 Å². The Labute approximate surface area is 174 Å². The van der Waals surface area contributed by atoms with Gasteiger partial charge in [-0.15, -0.1) is 0 Å². The van der Waals surface area contributed by atoms with Crippen molar-refractivity contribution < 1.29 is 9.47 Å². The van der Waals surface area contributed by atoms with Crippen molar-refractivity contribution in [3.8, 4) is 11.9 Å². The molecule has 1 saturated heterocycles. The molecule has 2 aromatic rings. The van der Waals surface area contributed by atoms with E-state index in [9.17, 15) is 5.26 Å². The number of fused-ring (bicyclic) bond motifs is 4. The van der Waals surface area contributed by atoms with Crippen LogP contribution in [0.15, 0.2) is 6.20 Å². The van der Waals surface area contributed by atoms with E-state index in [-0.39, 0.29) is 17.9 Å². The zero-order valence-electron chi connectivity index (χ0n) is 16.9. The monoisotopic (exact) mass is 417 g/mol. The number of halogens is 1. The van der Waals surface area contributed by atoms with Crippen molar-refractivity contribution in [3.63, 3.8) is 0 Å². The maximum atomic E-state index is 9.70. The maximum Gasteiger partial charge on any atom is 0.238 e. The lowest BCUT2D eigenvalue weighted by atomic mass is 10.1. The minimum atomic E-state index is -0.894. The molecule has 4 heterocycles. The van der Waals surface area contributed by atoms with Gasteiger partial charge < -0.3 is 20.1 Å². The van der Waals surface area contributed by atoms with Gasteiger partial charge in [0.15, 0.2) is 5.82 Å². The smallest absolute Gasteiger partial charge is 0.238 e. The van der Waals surface area contributed by atoms with E-state index >= 15 is 0 Å². The van der Waals surface area contributed by atoms with Crippen molar-refractivity contribution in [1.82, 2.24) is 19.7 Å². The Kier molecular flexibility index (Phi) is 5.00. The number of rotatable bonds is 2. The predicted octanol–water partition coefficient (Wildman–Crippen LogP) is 3.27. The first-order chi connectivity index (χ1) is 13.8. The third kappa shape index (κ3) is 3.58. The number of hydrogen-bond donors (Lipinski definition) is 2. The molecular weight excluding hydrogens is 394 g/mol. The van der Waals surface area contributed by atoms with Gasteiger partial charge in [-0.05, 0) is 19.8 Å². The highest BCUT2D eigenvalue weighted by molar-refractivity contribution is 6.32. The lowest BCUT2D eigenvalue weighted by Crippen LogP contribution is -2.33. The van der Waals surface area contributed by atoms with Crippen LogP contribution in [0, 0.1) is 17.2 Å². The molecular formula is C19H24ClN7O2. The van der Waals surface area contributed by atoms with Crippen LogP contribution in [-0.2, 0) is 10.3 Å². The molecule has 9 nitrogen and oxygen atoms in total. The van der Waals surface area contributed by atoms with Gasteiger partial charge >= 0.3 is 0 Å². The summed E-state index contributed by atoms with van der Waals surface area (Å²) in [5, 5.41) is 21.5. The summed E-state index contributed by atoms with van der Waals surface area (Å²) in [4.78, 5) is 8.85. The van der Waals surface area contributed by atoms with Crippen molar-refractivity contribution in [2.75, 3.05) is 30.5 Å². The molecule has 0 aliphatic carbocycles. The number of hydrogen-bond acceptors (Lipinski definition) is 8. The molecule has 2 bridgehead atoms. The summed E-state index contributed by atoms with van der Waals surface area (Å²) >= 11 is 6.31. The van der Waals surface area contributed by atoms with E-state index in [0.29, 0.717) is 48.2 Å². The van der Waals surface area contributed by atoms with Crippen molar-refractivity contribution >= 4 is 29.1 Å². The SMILES string of the molecule is CC(C)c1nn(C(C)(C)C#N)c2c1Nc1ncc(Cl)c(n1)N[C@@H]1COC[C@H]1CO2. The summed E-state index contributed by atoms with van der Waals surface area (Å²) in [6.07, 6.45) is 1.56. The summed E-state index contributed by atoms with van der Waals surface area (Å²) in [5.41, 5.74) is 0.540. The van der Waals surface area contributed by atoms with Crippen LogP contribution in [-0.4, -0.2) is 45.6 Å². The topological polar surface area (TPSA) is 110 Å². The highest BCUT2D eigenvalue weighted by Crippen LogP contribution is 2.39. The van der Waals surface area contributed by atoms with Gasteiger partial charge in [-0.1, -0.05) is 25.4 Å². The average Bonchev–Trinajstić information content (AvgIpc) is 3.26. The minimum Gasteiger partial charge on any atom is -0.476 e. The molecule has 154 valence electrons. The molecule has 0 unspecified atom stereocenters. The minimum absolute atomic E-state index is 0.00159. The maximum absolute atomic E-state index is 9.70. The Morgan fingerprint density at radius 3 is 2.86 bits per heavy atom. The van der Waals surface area contributed by atoms with Gasteiger partial charge in [0.2, 0.25) is 11.8 Å². The van der Waals surface area contributed by atoms with Crippen LogP contribution >= 0.6 is 11.6 Å². The Balaban J connectivity index is 1.89. The zero-order valence-corrected chi connectivity index (χ0v) is 17.6. The summed E-state index contributed by atoms with van der Waals surface area (Å²) in [6.45, 7) is 9.17. The van der Waals surface area contributed by atoms with E-state index in [0.717, 1.165) is 5.69 Å². The molecule has 2 aliphatic rings. The molecule has 10 heteroatoms. The van der Waals surface area contributed by atoms with Gasteiger partial charge in [-0.2, -0.15) is 15.3 Å². The van der Waals surface area contributed by atoms with Gasteiger partial charge in [0, 0.05) is 5.92 Å². The van der Waals surface area contributed by atoms with Gasteiger partial charge in [0.1, 0.15) is 16.2 Å². The molecule has 0 saturated carbocycles. The normalized spacial score (nSPS) is 21.1. The summed E-state index contributed by atoms with van der Waals surface area (Å²) in [7, 11) is 0. The molecule has 0 spiro atoms. The van der Waals surface area contributed by atoms with E-state index < -0.39 is 5.54 Å². The second kappa shape index (κ2) is 7.35. The predicted molar refractivity (Wildman–Crippen MR) is 109 cm³/mol. The van der Waals surface area contributed by atoms with E-state index in [2.05, 4.69) is 26.7 Å². The number of anilines is 3. The number of ether oxygens (including phenoxy) is 2. The molecule has 29 heavy (non-hydrogen) atoms. The molecule has 2 aliphatic heterocycles. The van der Waals surface area contributed by atoms with E-state index in [1.165, 1.54) is 0 Å². The van der Waals surface area contributed by atoms with Crippen molar-refractivity contribution in [3.05, 3.63) is 16.9 Å². The van der Waals surface area contributed by atoms with Crippen LogP contribution in [0.25, 0.3) is 0 Å². The van der Waals surface area contributed by atoms with Crippen LogP contribution in [0.3, 0.4) is 0 Å². The molecule has 1 fully saturated rings. The lowest BCUT2D eigenvalue weighted by molar-refractivity contribution is 0.160. The molecule has 4 rings (SSSR count).